The highest BCUT2D eigenvalue weighted by atomic mass is 19.3. The van der Waals surface area contributed by atoms with Crippen LogP contribution in [0.5, 0.6) is 0 Å². The van der Waals surface area contributed by atoms with Crippen molar-refractivity contribution in [3.8, 4) is 0 Å². The van der Waals surface area contributed by atoms with Gasteiger partial charge in [-0.1, -0.05) is 12.1 Å². The van der Waals surface area contributed by atoms with E-state index in [2.05, 4.69) is 10.6 Å². The molecule has 2 rings (SSSR count). The third kappa shape index (κ3) is 3.85. The van der Waals surface area contributed by atoms with Crippen molar-refractivity contribution in [3.63, 3.8) is 0 Å². The van der Waals surface area contributed by atoms with Crippen LogP contribution in [0.1, 0.15) is 31.7 Å². The van der Waals surface area contributed by atoms with Gasteiger partial charge in [0.05, 0.1) is 0 Å². The van der Waals surface area contributed by atoms with Gasteiger partial charge in [0.15, 0.2) is 0 Å². The zero-order valence-electron chi connectivity index (χ0n) is 12.9. The molecular formula is C16H20F2N2O3. The molecule has 0 aliphatic heterocycles. The molecule has 1 aromatic rings. The standard InChI is InChI=1S/C16H20F2N2O3/c1-11(21)20-13-5-3-12(4-6-13)7-10-19-14(22)16(17,18)15(23)8-2-9-15/h3-6,23H,2,7-10H2,1H3,(H,19,22)(H,20,21). The molecular weight excluding hydrogens is 306 g/mol. The Bertz CT molecular complexity index is 583. The van der Waals surface area contributed by atoms with E-state index >= 15 is 0 Å². The fourth-order valence-corrected chi connectivity index (χ4v) is 2.43. The summed E-state index contributed by atoms with van der Waals surface area (Å²) in [4.78, 5) is 22.5. The minimum Gasteiger partial charge on any atom is -0.383 e. The van der Waals surface area contributed by atoms with Crippen LogP contribution in [0.25, 0.3) is 0 Å². The topological polar surface area (TPSA) is 78.4 Å². The molecule has 1 aromatic carbocycles. The number of hydrogen-bond donors (Lipinski definition) is 3. The van der Waals surface area contributed by atoms with E-state index in [4.69, 9.17) is 0 Å². The quantitative estimate of drug-likeness (QED) is 0.746. The summed E-state index contributed by atoms with van der Waals surface area (Å²) in [5.41, 5.74) is -0.717. The minimum atomic E-state index is -3.76. The maximum Gasteiger partial charge on any atom is 0.352 e. The van der Waals surface area contributed by atoms with Gasteiger partial charge in [-0.25, -0.2) is 0 Å². The van der Waals surface area contributed by atoms with Gasteiger partial charge in [0.25, 0.3) is 5.91 Å². The predicted molar refractivity (Wildman–Crippen MR) is 81.2 cm³/mol. The Hall–Kier alpha value is -2.02. The van der Waals surface area contributed by atoms with Crippen LogP contribution < -0.4 is 10.6 Å². The normalized spacial score (nSPS) is 16.3. The second-order valence-corrected chi connectivity index (χ2v) is 5.84. The highest BCUT2D eigenvalue weighted by Gasteiger charge is 2.60. The van der Waals surface area contributed by atoms with E-state index in [0.717, 1.165) is 5.56 Å². The maximum absolute atomic E-state index is 13.8. The van der Waals surface area contributed by atoms with Crippen LogP contribution in [-0.2, 0) is 16.0 Å². The first-order valence-electron chi connectivity index (χ1n) is 7.50. The smallest absolute Gasteiger partial charge is 0.352 e. The van der Waals surface area contributed by atoms with Crippen molar-refractivity contribution in [2.45, 2.75) is 44.1 Å². The van der Waals surface area contributed by atoms with E-state index < -0.39 is 17.4 Å². The molecule has 0 saturated heterocycles. The molecule has 7 heteroatoms. The van der Waals surface area contributed by atoms with E-state index in [1.807, 2.05) is 0 Å². The maximum atomic E-state index is 13.8. The van der Waals surface area contributed by atoms with E-state index in [1.165, 1.54) is 6.92 Å². The number of carbonyl (C=O) groups excluding carboxylic acids is 2. The number of benzene rings is 1. The monoisotopic (exact) mass is 326 g/mol. The van der Waals surface area contributed by atoms with Crippen LogP contribution in [-0.4, -0.2) is 35.0 Å². The number of anilines is 1. The molecule has 3 N–H and O–H groups in total. The number of amides is 2. The van der Waals surface area contributed by atoms with Crippen molar-refractivity contribution in [1.29, 1.82) is 0 Å². The Morgan fingerprint density at radius 1 is 1.26 bits per heavy atom. The summed E-state index contributed by atoms with van der Waals surface area (Å²) in [6.45, 7) is 1.45. The number of nitrogens with one attached hydrogen (secondary N) is 2. The van der Waals surface area contributed by atoms with E-state index in [-0.39, 0.29) is 25.3 Å². The van der Waals surface area contributed by atoms with Crippen molar-refractivity contribution in [1.82, 2.24) is 5.32 Å². The Balaban J connectivity index is 1.82. The van der Waals surface area contributed by atoms with Crippen LogP contribution >= 0.6 is 0 Å². The summed E-state index contributed by atoms with van der Waals surface area (Å²) in [7, 11) is 0. The second kappa shape index (κ2) is 6.62. The van der Waals surface area contributed by atoms with Crippen LogP contribution in [0.4, 0.5) is 14.5 Å². The Morgan fingerprint density at radius 3 is 2.35 bits per heavy atom. The van der Waals surface area contributed by atoms with Gasteiger partial charge in [0.1, 0.15) is 5.60 Å². The molecule has 1 fully saturated rings. The summed E-state index contributed by atoms with van der Waals surface area (Å²) in [5.74, 6) is -5.38. The van der Waals surface area contributed by atoms with Crippen LogP contribution in [0.2, 0.25) is 0 Å². The molecule has 0 unspecified atom stereocenters. The zero-order valence-corrected chi connectivity index (χ0v) is 12.9. The molecule has 0 bridgehead atoms. The summed E-state index contributed by atoms with van der Waals surface area (Å²) in [6, 6.07) is 6.89. The van der Waals surface area contributed by atoms with E-state index in [1.54, 1.807) is 24.3 Å². The largest absolute Gasteiger partial charge is 0.383 e. The van der Waals surface area contributed by atoms with E-state index in [9.17, 15) is 23.5 Å². The molecule has 5 nitrogen and oxygen atoms in total. The number of halogens is 2. The van der Waals surface area contributed by atoms with Crippen molar-refractivity contribution in [2.24, 2.45) is 0 Å². The average Bonchev–Trinajstić information content (AvgIpc) is 2.45. The number of hydrogen-bond acceptors (Lipinski definition) is 3. The average molecular weight is 326 g/mol. The Morgan fingerprint density at radius 2 is 1.87 bits per heavy atom. The Labute approximate surface area is 133 Å². The number of carbonyl (C=O) groups is 2. The zero-order chi connectivity index (χ0) is 17.1. The van der Waals surface area contributed by atoms with Crippen LogP contribution in [0.15, 0.2) is 24.3 Å². The molecule has 0 heterocycles. The third-order valence-corrected chi connectivity index (χ3v) is 4.02. The molecule has 2 amide bonds. The lowest BCUT2D eigenvalue weighted by atomic mass is 9.75. The highest BCUT2D eigenvalue weighted by Crippen LogP contribution is 2.44. The van der Waals surface area contributed by atoms with Crippen molar-refractivity contribution < 1.29 is 23.5 Å². The molecule has 1 aliphatic rings. The van der Waals surface area contributed by atoms with Gasteiger partial charge in [-0.05, 0) is 43.4 Å². The second-order valence-electron chi connectivity index (χ2n) is 5.84. The lowest BCUT2D eigenvalue weighted by Crippen LogP contribution is -2.60. The summed E-state index contributed by atoms with van der Waals surface area (Å²) >= 11 is 0. The molecule has 0 atom stereocenters. The first-order valence-corrected chi connectivity index (χ1v) is 7.50. The summed E-state index contributed by atoms with van der Waals surface area (Å²) < 4.78 is 27.7. The molecule has 126 valence electrons. The van der Waals surface area contributed by atoms with Gasteiger partial charge < -0.3 is 15.7 Å². The Kier molecular flexibility index (Phi) is 4.99. The number of alkyl halides is 2. The van der Waals surface area contributed by atoms with Gasteiger partial charge in [0.2, 0.25) is 5.91 Å². The SMILES string of the molecule is CC(=O)Nc1ccc(CCNC(=O)C(F)(F)C2(O)CCC2)cc1. The third-order valence-electron chi connectivity index (χ3n) is 4.02. The molecule has 1 aliphatic carbocycles. The first kappa shape index (κ1) is 17.3. The minimum absolute atomic E-state index is 0.0456. The van der Waals surface area contributed by atoms with Crippen molar-refractivity contribution in [3.05, 3.63) is 29.8 Å². The number of rotatable bonds is 6. The molecule has 0 aromatic heterocycles. The molecule has 23 heavy (non-hydrogen) atoms. The van der Waals surface area contributed by atoms with Gasteiger partial charge in [-0.3, -0.25) is 9.59 Å². The fourth-order valence-electron chi connectivity index (χ4n) is 2.43. The van der Waals surface area contributed by atoms with Gasteiger partial charge in [-0.2, -0.15) is 8.78 Å². The van der Waals surface area contributed by atoms with Crippen LogP contribution in [0, 0.1) is 0 Å². The fraction of sp³-hybridized carbons (Fsp3) is 0.500. The van der Waals surface area contributed by atoms with E-state index in [0.29, 0.717) is 18.5 Å². The number of aliphatic hydroxyl groups is 1. The lowest BCUT2D eigenvalue weighted by Gasteiger charge is -2.41. The highest BCUT2D eigenvalue weighted by molar-refractivity contribution is 5.88. The van der Waals surface area contributed by atoms with Crippen molar-refractivity contribution in [2.75, 3.05) is 11.9 Å². The predicted octanol–water partition coefficient (Wildman–Crippen LogP) is 1.85. The molecule has 0 radical (unpaired) electrons. The summed E-state index contributed by atoms with van der Waals surface area (Å²) in [6.07, 6.45) is 0.761. The first-order chi connectivity index (χ1) is 10.7. The van der Waals surface area contributed by atoms with Gasteiger partial charge in [-0.15, -0.1) is 0 Å². The van der Waals surface area contributed by atoms with Crippen LogP contribution in [0.3, 0.4) is 0 Å². The molecule has 0 spiro atoms. The van der Waals surface area contributed by atoms with Gasteiger partial charge in [0, 0.05) is 19.2 Å². The van der Waals surface area contributed by atoms with Crippen molar-refractivity contribution >= 4 is 17.5 Å². The van der Waals surface area contributed by atoms with Gasteiger partial charge >= 0.3 is 5.92 Å². The lowest BCUT2D eigenvalue weighted by molar-refractivity contribution is -0.215. The molecule has 1 saturated carbocycles. The summed E-state index contributed by atoms with van der Waals surface area (Å²) in [5, 5.41) is 14.5.